The van der Waals surface area contributed by atoms with Gasteiger partial charge in [-0.25, -0.2) is 4.90 Å². The SMILES string of the molecule is Cc1ccc(Oc2ccc(C(C)(CN=[N+]=[N-])c3ccc(Oc4ccc(N5C(=O)c6ccc(C(=O)c7ccc8c(c7)C(=O)N(C)C8=O)cc6C5=O)cc4)cc3)cc2)cc1. The Morgan fingerprint density at radius 3 is 1.52 bits per heavy atom. The number of ketones is 1. The van der Waals surface area contributed by atoms with E-state index in [0.717, 1.165) is 32.2 Å². The van der Waals surface area contributed by atoms with E-state index in [4.69, 9.17) is 9.47 Å². The number of benzene rings is 6. The highest BCUT2D eigenvalue weighted by Crippen LogP contribution is 2.37. The minimum Gasteiger partial charge on any atom is -0.457 e. The van der Waals surface area contributed by atoms with Gasteiger partial charge in [0.05, 0.1) is 27.9 Å². The minimum atomic E-state index is -0.657. The normalized spacial score (nSPS) is 14.1. The van der Waals surface area contributed by atoms with E-state index in [1.807, 2.05) is 86.6 Å². The Kier molecular flexibility index (Phi) is 9.40. The molecule has 6 aromatic rings. The molecule has 58 heavy (non-hydrogen) atoms. The fourth-order valence-corrected chi connectivity index (χ4v) is 7.13. The molecule has 12 heteroatoms. The molecule has 0 fully saturated rings. The van der Waals surface area contributed by atoms with Crippen LogP contribution in [0.15, 0.2) is 139 Å². The number of ether oxygens (including phenoxy) is 2. The van der Waals surface area contributed by atoms with Crippen molar-refractivity contribution in [3.05, 3.63) is 194 Å². The summed E-state index contributed by atoms with van der Waals surface area (Å²) in [6.07, 6.45) is 0. The number of hydrogen-bond acceptors (Lipinski definition) is 8. The fraction of sp³-hybridized carbons (Fsp3) is 0.109. The number of anilines is 1. The van der Waals surface area contributed by atoms with Gasteiger partial charge in [-0.2, -0.15) is 0 Å². The van der Waals surface area contributed by atoms with Crippen LogP contribution in [0.1, 0.15) is 81.0 Å². The Morgan fingerprint density at radius 1 is 0.603 bits per heavy atom. The molecule has 1 unspecified atom stereocenters. The highest BCUT2D eigenvalue weighted by molar-refractivity contribution is 6.35. The van der Waals surface area contributed by atoms with Crippen LogP contribution >= 0.6 is 0 Å². The van der Waals surface area contributed by atoms with E-state index in [1.165, 1.54) is 43.4 Å². The first-order chi connectivity index (χ1) is 27.9. The summed E-state index contributed by atoms with van der Waals surface area (Å²) in [6, 6.07) is 38.0. The number of amides is 4. The number of fused-ring (bicyclic) bond motifs is 2. The Balaban J connectivity index is 0.952. The van der Waals surface area contributed by atoms with Crippen LogP contribution in [-0.4, -0.2) is 47.9 Å². The molecule has 0 N–H and O–H groups in total. The van der Waals surface area contributed by atoms with E-state index in [9.17, 15) is 29.5 Å². The van der Waals surface area contributed by atoms with Gasteiger partial charge in [0.1, 0.15) is 23.0 Å². The lowest BCUT2D eigenvalue weighted by molar-refractivity contribution is 0.0692. The van der Waals surface area contributed by atoms with Crippen molar-refractivity contribution in [1.82, 2.24) is 4.90 Å². The van der Waals surface area contributed by atoms with Gasteiger partial charge in [0.25, 0.3) is 23.6 Å². The van der Waals surface area contributed by atoms with Gasteiger partial charge in [-0.3, -0.25) is 28.9 Å². The Bertz CT molecular complexity index is 2720. The van der Waals surface area contributed by atoms with Crippen molar-refractivity contribution in [2.45, 2.75) is 19.3 Å². The molecule has 0 bridgehead atoms. The summed E-state index contributed by atoms with van der Waals surface area (Å²) in [6.45, 7) is 4.20. The monoisotopic (exact) mass is 767 g/mol. The van der Waals surface area contributed by atoms with Crippen molar-refractivity contribution in [3.63, 3.8) is 0 Å². The zero-order chi connectivity index (χ0) is 40.7. The lowest BCUT2D eigenvalue weighted by atomic mass is 9.76. The van der Waals surface area contributed by atoms with Gasteiger partial charge in [-0.05, 0) is 109 Å². The van der Waals surface area contributed by atoms with Crippen molar-refractivity contribution in [2.24, 2.45) is 5.11 Å². The van der Waals surface area contributed by atoms with E-state index in [1.54, 1.807) is 24.3 Å². The summed E-state index contributed by atoms with van der Waals surface area (Å²) in [7, 11) is 1.37. The maximum atomic E-state index is 13.6. The first kappa shape index (κ1) is 37.1. The van der Waals surface area contributed by atoms with Crippen LogP contribution in [0.2, 0.25) is 0 Å². The second-order valence-electron chi connectivity index (χ2n) is 14.2. The second kappa shape index (κ2) is 14.7. The molecule has 0 aromatic heterocycles. The van der Waals surface area contributed by atoms with E-state index in [0.29, 0.717) is 22.9 Å². The molecule has 4 amide bonds. The molecule has 0 radical (unpaired) electrons. The highest BCUT2D eigenvalue weighted by atomic mass is 16.5. The number of imide groups is 2. The van der Waals surface area contributed by atoms with Crippen molar-refractivity contribution < 1.29 is 33.4 Å². The average molecular weight is 768 g/mol. The Hall–Kier alpha value is -7.82. The van der Waals surface area contributed by atoms with Gasteiger partial charge in [0, 0.05) is 35.0 Å². The van der Waals surface area contributed by atoms with E-state index in [-0.39, 0.29) is 39.9 Å². The van der Waals surface area contributed by atoms with Gasteiger partial charge < -0.3 is 9.47 Å². The third kappa shape index (κ3) is 6.63. The smallest absolute Gasteiger partial charge is 0.266 e. The number of carbonyl (C=O) groups is 5. The molecular weight excluding hydrogens is 735 g/mol. The molecule has 0 spiro atoms. The fourth-order valence-electron chi connectivity index (χ4n) is 7.13. The summed E-state index contributed by atoms with van der Waals surface area (Å²) in [5.74, 6) is -0.128. The molecule has 2 heterocycles. The Labute approximate surface area is 332 Å². The Morgan fingerprint density at radius 2 is 1.02 bits per heavy atom. The molecule has 0 aliphatic carbocycles. The molecule has 2 aliphatic heterocycles. The van der Waals surface area contributed by atoms with Gasteiger partial charge in [-0.1, -0.05) is 66.1 Å². The van der Waals surface area contributed by atoms with E-state index >= 15 is 0 Å². The molecule has 2 aliphatic rings. The number of azide groups is 1. The molecule has 0 saturated carbocycles. The summed E-state index contributed by atoms with van der Waals surface area (Å²) >= 11 is 0. The third-order valence-electron chi connectivity index (χ3n) is 10.5. The zero-order valence-electron chi connectivity index (χ0n) is 31.5. The van der Waals surface area contributed by atoms with Crippen LogP contribution in [0.4, 0.5) is 5.69 Å². The molecule has 8 rings (SSSR count). The summed E-state index contributed by atoms with van der Waals surface area (Å²) in [4.78, 5) is 70.3. The van der Waals surface area contributed by atoms with Crippen LogP contribution in [0.5, 0.6) is 23.0 Å². The van der Waals surface area contributed by atoms with Gasteiger partial charge in [0.15, 0.2) is 5.78 Å². The summed E-state index contributed by atoms with van der Waals surface area (Å²) < 4.78 is 12.1. The maximum absolute atomic E-state index is 13.6. The quantitative estimate of drug-likeness (QED) is 0.0417. The minimum absolute atomic E-state index is 0.0717. The maximum Gasteiger partial charge on any atom is 0.266 e. The van der Waals surface area contributed by atoms with Gasteiger partial charge in [0.2, 0.25) is 0 Å². The first-order valence-corrected chi connectivity index (χ1v) is 18.2. The molecule has 0 saturated heterocycles. The topological polar surface area (TPSA) is 159 Å². The third-order valence-corrected chi connectivity index (χ3v) is 10.5. The highest BCUT2D eigenvalue weighted by Gasteiger charge is 2.38. The van der Waals surface area contributed by atoms with Crippen LogP contribution in [0.25, 0.3) is 10.4 Å². The second-order valence-corrected chi connectivity index (χ2v) is 14.2. The van der Waals surface area contributed by atoms with Crippen molar-refractivity contribution in [1.29, 1.82) is 0 Å². The molecule has 284 valence electrons. The van der Waals surface area contributed by atoms with Gasteiger partial charge >= 0.3 is 0 Å². The van der Waals surface area contributed by atoms with E-state index in [2.05, 4.69) is 10.0 Å². The molecule has 12 nitrogen and oxygen atoms in total. The van der Waals surface area contributed by atoms with Crippen molar-refractivity contribution >= 4 is 35.1 Å². The number of carbonyl (C=O) groups excluding carboxylic acids is 5. The largest absolute Gasteiger partial charge is 0.457 e. The standard InChI is InChI=1S/C46H33N5O7/c1-27-4-14-33(15-5-27)57-34-16-8-30(9-17-34)46(2,26-48-49-47)31-10-18-35(19-11-31)58-36-20-12-32(13-21-36)51-44(55)38-23-7-29(25-40(38)45(51)56)41(52)28-6-22-37-39(24-28)43(54)50(3)42(37)53/h4-25H,26H2,1-3H3. The lowest BCUT2D eigenvalue weighted by Crippen LogP contribution is -2.29. The lowest BCUT2D eigenvalue weighted by Gasteiger charge is -2.29. The van der Waals surface area contributed by atoms with Crippen LogP contribution in [0, 0.1) is 6.92 Å². The zero-order valence-corrected chi connectivity index (χ0v) is 31.5. The first-order valence-electron chi connectivity index (χ1n) is 18.2. The van der Waals surface area contributed by atoms with Crippen molar-refractivity contribution in [3.8, 4) is 23.0 Å². The van der Waals surface area contributed by atoms with Crippen LogP contribution in [-0.2, 0) is 5.41 Å². The molecule has 6 aromatic carbocycles. The average Bonchev–Trinajstić information content (AvgIpc) is 3.63. The number of aryl methyl sites for hydroxylation is 1. The number of rotatable bonds is 11. The van der Waals surface area contributed by atoms with Crippen LogP contribution in [0.3, 0.4) is 0 Å². The molecular formula is C46H33N5O7. The van der Waals surface area contributed by atoms with Gasteiger partial charge in [-0.15, -0.1) is 0 Å². The summed E-state index contributed by atoms with van der Waals surface area (Å²) in [5.41, 5.74) is 12.7. The predicted octanol–water partition coefficient (Wildman–Crippen LogP) is 9.45. The van der Waals surface area contributed by atoms with Crippen molar-refractivity contribution in [2.75, 3.05) is 18.5 Å². The van der Waals surface area contributed by atoms with E-state index < -0.39 is 34.8 Å². The summed E-state index contributed by atoms with van der Waals surface area (Å²) in [5, 5.41) is 3.92. The number of nitrogens with zero attached hydrogens (tertiary/aromatic N) is 5. The van der Waals surface area contributed by atoms with Crippen LogP contribution < -0.4 is 14.4 Å². The molecule has 1 atom stereocenters. The predicted molar refractivity (Wildman–Crippen MR) is 215 cm³/mol. The number of hydrogen-bond donors (Lipinski definition) is 0.